The number of ether oxygens (including phenoxy) is 1. The van der Waals surface area contributed by atoms with E-state index in [2.05, 4.69) is 15.5 Å². The van der Waals surface area contributed by atoms with Gasteiger partial charge < -0.3 is 19.7 Å². The van der Waals surface area contributed by atoms with Gasteiger partial charge in [0, 0.05) is 18.8 Å². The van der Waals surface area contributed by atoms with Gasteiger partial charge in [-0.15, -0.1) is 0 Å². The summed E-state index contributed by atoms with van der Waals surface area (Å²) in [7, 11) is 0. The lowest BCUT2D eigenvalue weighted by Crippen LogP contribution is -2.35. The van der Waals surface area contributed by atoms with Gasteiger partial charge in [0.1, 0.15) is 24.2 Å². The van der Waals surface area contributed by atoms with Gasteiger partial charge in [0.25, 0.3) is 5.91 Å². The highest BCUT2D eigenvalue weighted by molar-refractivity contribution is 5.92. The molecule has 2 heterocycles. The van der Waals surface area contributed by atoms with E-state index in [9.17, 15) is 9.90 Å². The lowest BCUT2D eigenvalue weighted by atomic mass is 10.2. The van der Waals surface area contributed by atoms with Crippen molar-refractivity contribution in [2.24, 2.45) is 0 Å². The van der Waals surface area contributed by atoms with Gasteiger partial charge in [-0.05, 0) is 36.8 Å². The largest absolute Gasteiger partial charge is 0.491 e. The van der Waals surface area contributed by atoms with Gasteiger partial charge in [0.15, 0.2) is 0 Å². The summed E-state index contributed by atoms with van der Waals surface area (Å²) in [5.74, 6) is 0.261. The number of carbonyl (C=O) groups excluding carboxylic acids is 1. The second-order valence-corrected chi connectivity index (χ2v) is 5.78. The van der Waals surface area contributed by atoms with Crippen LogP contribution in [0.2, 0.25) is 0 Å². The van der Waals surface area contributed by atoms with Crippen molar-refractivity contribution in [1.29, 1.82) is 0 Å². The molecule has 0 spiro atoms. The summed E-state index contributed by atoms with van der Waals surface area (Å²) in [4.78, 5) is 16.2. The summed E-state index contributed by atoms with van der Waals surface area (Å²) in [5, 5.41) is 16.4. The molecule has 1 aromatic carbocycles. The Morgan fingerprint density at radius 2 is 2.12 bits per heavy atom. The van der Waals surface area contributed by atoms with Crippen molar-refractivity contribution in [3.8, 4) is 17.1 Å². The number of pyridine rings is 1. The molecular weight excluding hydrogens is 334 g/mol. The molecule has 2 aromatic heterocycles. The number of nitrogens with zero attached hydrogens (tertiary/aromatic N) is 2. The second kappa shape index (κ2) is 8.26. The molecule has 0 aliphatic carbocycles. The lowest BCUT2D eigenvalue weighted by molar-refractivity contribution is 0.0815. The predicted molar refractivity (Wildman–Crippen MR) is 94.7 cm³/mol. The fourth-order valence-corrected chi connectivity index (χ4v) is 2.27. The Bertz CT molecular complexity index is 864. The van der Waals surface area contributed by atoms with Gasteiger partial charge >= 0.3 is 0 Å². The van der Waals surface area contributed by atoms with Gasteiger partial charge in [-0.3, -0.25) is 9.78 Å². The monoisotopic (exact) mass is 353 g/mol. The summed E-state index contributed by atoms with van der Waals surface area (Å²) >= 11 is 0. The Balaban J connectivity index is 1.48. The van der Waals surface area contributed by atoms with Crippen LogP contribution >= 0.6 is 0 Å². The Labute approximate surface area is 150 Å². The van der Waals surface area contributed by atoms with Crippen molar-refractivity contribution in [2.45, 2.75) is 13.0 Å². The van der Waals surface area contributed by atoms with Crippen LogP contribution in [0.15, 0.2) is 59.3 Å². The molecule has 2 N–H and O–H groups in total. The number of aromatic nitrogens is 2. The molecule has 1 amide bonds. The van der Waals surface area contributed by atoms with E-state index in [-0.39, 0.29) is 18.9 Å². The molecule has 26 heavy (non-hydrogen) atoms. The van der Waals surface area contributed by atoms with Crippen LogP contribution in [0.1, 0.15) is 16.1 Å². The van der Waals surface area contributed by atoms with E-state index in [1.54, 1.807) is 18.3 Å². The van der Waals surface area contributed by atoms with Gasteiger partial charge in [-0.25, -0.2) is 0 Å². The zero-order valence-electron chi connectivity index (χ0n) is 14.3. The molecule has 3 aromatic rings. The minimum atomic E-state index is -0.849. The van der Waals surface area contributed by atoms with E-state index in [4.69, 9.17) is 9.26 Å². The van der Waals surface area contributed by atoms with Gasteiger partial charge in [-0.1, -0.05) is 23.4 Å². The van der Waals surface area contributed by atoms with E-state index in [0.717, 1.165) is 5.56 Å². The lowest BCUT2D eigenvalue weighted by Gasteiger charge is -2.13. The first-order chi connectivity index (χ1) is 12.6. The van der Waals surface area contributed by atoms with Gasteiger partial charge in [0.2, 0.25) is 5.76 Å². The number of carbonyl (C=O) groups is 1. The average Bonchev–Trinajstić information content (AvgIpc) is 3.15. The molecule has 0 fully saturated rings. The van der Waals surface area contributed by atoms with Gasteiger partial charge in [0.05, 0.1) is 5.69 Å². The first kappa shape index (κ1) is 17.6. The third-order valence-corrected chi connectivity index (χ3v) is 3.59. The smallest absolute Gasteiger partial charge is 0.290 e. The third kappa shape index (κ3) is 4.67. The van der Waals surface area contributed by atoms with Crippen LogP contribution in [-0.2, 0) is 0 Å². The predicted octanol–water partition coefficient (Wildman–Crippen LogP) is 2.21. The molecule has 7 heteroatoms. The number of aliphatic hydroxyl groups is 1. The summed E-state index contributed by atoms with van der Waals surface area (Å²) < 4.78 is 10.5. The van der Waals surface area contributed by atoms with E-state index in [1.165, 1.54) is 6.07 Å². The maximum Gasteiger partial charge on any atom is 0.290 e. The topological polar surface area (TPSA) is 97.5 Å². The highest BCUT2D eigenvalue weighted by Crippen LogP contribution is 2.16. The minimum Gasteiger partial charge on any atom is -0.491 e. The van der Waals surface area contributed by atoms with Crippen LogP contribution in [0.5, 0.6) is 5.75 Å². The number of amides is 1. The number of hydrogen-bond donors (Lipinski definition) is 2. The molecule has 3 rings (SSSR count). The van der Waals surface area contributed by atoms with Crippen LogP contribution in [0, 0.1) is 6.92 Å². The maximum atomic E-state index is 12.1. The Morgan fingerprint density at radius 1 is 1.23 bits per heavy atom. The van der Waals surface area contributed by atoms with Crippen molar-refractivity contribution in [1.82, 2.24) is 15.5 Å². The molecule has 0 unspecified atom stereocenters. The average molecular weight is 353 g/mol. The van der Waals surface area contributed by atoms with E-state index >= 15 is 0 Å². The number of aryl methyl sites for hydroxylation is 1. The molecule has 0 saturated heterocycles. The second-order valence-electron chi connectivity index (χ2n) is 5.78. The highest BCUT2D eigenvalue weighted by atomic mass is 16.5. The van der Waals surface area contributed by atoms with Crippen molar-refractivity contribution < 1.29 is 19.2 Å². The van der Waals surface area contributed by atoms with Crippen molar-refractivity contribution in [3.63, 3.8) is 0 Å². The number of aliphatic hydroxyl groups excluding tert-OH is 1. The Hall–Kier alpha value is -3.19. The molecule has 7 nitrogen and oxygen atoms in total. The van der Waals surface area contributed by atoms with Crippen LogP contribution in [-0.4, -0.2) is 40.4 Å². The Morgan fingerprint density at radius 3 is 2.88 bits per heavy atom. The molecule has 134 valence electrons. The number of hydrogen-bond acceptors (Lipinski definition) is 6. The van der Waals surface area contributed by atoms with Crippen LogP contribution in [0.25, 0.3) is 11.4 Å². The molecule has 0 bridgehead atoms. The summed E-state index contributed by atoms with van der Waals surface area (Å²) in [6.07, 6.45) is 0.784. The van der Waals surface area contributed by atoms with E-state index in [0.29, 0.717) is 17.1 Å². The summed E-state index contributed by atoms with van der Waals surface area (Å²) in [6, 6.07) is 14.4. The minimum absolute atomic E-state index is 0.0320. The molecule has 1 atom stereocenters. The summed E-state index contributed by atoms with van der Waals surface area (Å²) in [5.41, 5.74) is 2.15. The van der Waals surface area contributed by atoms with Gasteiger partial charge in [-0.2, -0.15) is 0 Å². The number of rotatable bonds is 7. The van der Waals surface area contributed by atoms with Crippen molar-refractivity contribution in [2.75, 3.05) is 13.2 Å². The SMILES string of the molecule is Cc1cccc(OC[C@H](O)CNC(=O)c2cc(-c3ccccn3)no2)c1. The molecular formula is C19H19N3O4. The van der Waals surface area contributed by atoms with Crippen LogP contribution in [0.3, 0.4) is 0 Å². The number of nitrogens with one attached hydrogen (secondary N) is 1. The molecule has 0 aliphatic heterocycles. The van der Waals surface area contributed by atoms with Crippen LogP contribution in [0.4, 0.5) is 0 Å². The summed E-state index contributed by atoms with van der Waals surface area (Å²) in [6.45, 7) is 2.06. The zero-order chi connectivity index (χ0) is 18.4. The quantitative estimate of drug-likeness (QED) is 0.676. The fraction of sp³-hybridized carbons (Fsp3) is 0.211. The first-order valence-corrected chi connectivity index (χ1v) is 8.15. The van der Waals surface area contributed by atoms with Crippen LogP contribution < -0.4 is 10.1 Å². The molecule has 0 aliphatic rings. The Kier molecular flexibility index (Phi) is 5.60. The van der Waals surface area contributed by atoms with Crippen molar-refractivity contribution in [3.05, 3.63) is 66.1 Å². The van der Waals surface area contributed by atoms with Crippen molar-refractivity contribution >= 4 is 5.91 Å². The standard InChI is InChI=1S/C19H19N3O4/c1-13-5-4-6-15(9-13)25-12-14(23)11-21-19(24)18-10-17(22-26-18)16-7-2-3-8-20-16/h2-10,14,23H,11-12H2,1H3,(H,21,24)/t14-/m1/s1. The highest BCUT2D eigenvalue weighted by Gasteiger charge is 2.16. The third-order valence-electron chi connectivity index (χ3n) is 3.59. The van der Waals surface area contributed by atoms with E-state index in [1.807, 2.05) is 37.3 Å². The maximum absolute atomic E-state index is 12.1. The first-order valence-electron chi connectivity index (χ1n) is 8.15. The normalized spacial score (nSPS) is 11.8. The molecule has 0 radical (unpaired) electrons. The molecule has 0 saturated carbocycles. The number of benzene rings is 1. The fourth-order valence-electron chi connectivity index (χ4n) is 2.27. The zero-order valence-corrected chi connectivity index (χ0v) is 14.3. The van der Waals surface area contributed by atoms with E-state index < -0.39 is 12.0 Å².